The Kier molecular flexibility index (Phi) is 5.71. The van der Waals surface area contributed by atoms with E-state index in [-0.39, 0.29) is 0 Å². The summed E-state index contributed by atoms with van der Waals surface area (Å²) in [5.41, 5.74) is 0.720. The smallest absolute Gasteiger partial charge is 0.328 e. The Bertz CT molecular complexity index is 455. The third-order valence-corrected chi connectivity index (χ3v) is 2.84. The number of hydrogen-bond acceptors (Lipinski definition) is 3. The maximum Gasteiger partial charge on any atom is 0.328 e. The van der Waals surface area contributed by atoms with Gasteiger partial charge in [-0.15, -0.1) is 0 Å². The number of carboxylic acids is 1. The van der Waals surface area contributed by atoms with Crippen molar-refractivity contribution in [1.29, 1.82) is 0 Å². The molecule has 0 aliphatic rings. The molecule has 1 N–H and O–H groups in total. The van der Waals surface area contributed by atoms with Gasteiger partial charge in [0.15, 0.2) is 11.5 Å². The molecule has 0 saturated carbocycles. The highest BCUT2D eigenvalue weighted by molar-refractivity contribution is 9.10. The molecule has 0 heterocycles. The minimum atomic E-state index is -0.993. The van der Waals surface area contributed by atoms with Crippen molar-refractivity contribution in [2.45, 2.75) is 13.3 Å². The van der Waals surface area contributed by atoms with Crippen molar-refractivity contribution in [3.63, 3.8) is 0 Å². The molecule has 0 fully saturated rings. The Labute approximate surface area is 114 Å². The quantitative estimate of drug-likeness (QED) is 0.818. The summed E-state index contributed by atoms with van der Waals surface area (Å²) in [4.78, 5) is 10.5. The average Bonchev–Trinajstić information content (AvgIpc) is 2.34. The monoisotopic (exact) mass is 314 g/mol. The van der Waals surface area contributed by atoms with Crippen LogP contribution < -0.4 is 9.47 Å². The number of halogens is 1. The Morgan fingerprint density at radius 3 is 2.72 bits per heavy atom. The van der Waals surface area contributed by atoms with Crippen molar-refractivity contribution < 1.29 is 19.4 Å². The fourth-order valence-electron chi connectivity index (χ4n) is 1.32. The lowest BCUT2D eigenvalue weighted by molar-refractivity contribution is -0.131. The van der Waals surface area contributed by atoms with Gasteiger partial charge in [0.2, 0.25) is 0 Å². The molecular weight excluding hydrogens is 300 g/mol. The average molecular weight is 315 g/mol. The van der Waals surface area contributed by atoms with Gasteiger partial charge in [-0.25, -0.2) is 4.79 Å². The molecule has 0 aliphatic carbocycles. The van der Waals surface area contributed by atoms with Gasteiger partial charge in [-0.1, -0.05) is 22.9 Å². The van der Waals surface area contributed by atoms with E-state index in [1.54, 1.807) is 19.2 Å². The van der Waals surface area contributed by atoms with E-state index < -0.39 is 5.97 Å². The topological polar surface area (TPSA) is 55.8 Å². The van der Waals surface area contributed by atoms with E-state index in [0.29, 0.717) is 18.1 Å². The van der Waals surface area contributed by atoms with Crippen LogP contribution in [-0.4, -0.2) is 24.8 Å². The van der Waals surface area contributed by atoms with Crippen molar-refractivity contribution in [3.8, 4) is 11.5 Å². The molecule has 0 aliphatic heterocycles. The zero-order valence-corrected chi connectivity index (χ0v) is 11.9. The lowest BCUT2D eigenvalue weighted by atomic mass is 10.2. The van der Waals surface area contributed by atoms with Crippen molar-refractivity contribution in [1.82, 2.24) is 0 Å². The van der Waals surface area contributed by atoms with Gasteiger partial charge in [0.25, 0.3) is 0 Å². The minimum Gasteiger partial charge on any atom is -0.493 e. The van der Waals surface area contributed by atoms with Crippen molar-refractivity contribution in [2.24, 2.45) is 0 Å². The maximum atomic E-state index is 10.5. The van der Waals surface area contributed by atoms with Crippen molar-refractivity contribution >= 4 is 28.0 Å². The zero-order valence-electron chi connectivity index (χ0n) is 10.3. The Morgan fingerprint density at radius 2 is 2.17 bits per heavy atom. The summed E-state index contributed by atoms with van der Waals surface area (Å²) in [5.74, 6) is 0.225. The fraction of sp³-hybridized carbons (Fsp3) is 0.308. The van der Waals surface area contributed by atoms with Crippen molar-refractivity contribution in [2.75, 3.05) is 13.7 Å². The normalized spacial score (nSPS) is 10.6. The van der Waals surface area contributed by atoms with Crippen LogP contribution in [0.25, 0.3) is 6.08 Å². The number of carbonyl (C=O) groups is 1. The Morgan fingerprint density at radius 1 is 1.44 bits per heavy atom. The van der Waals surface area contributed by atoms with Crippen LogP contribution in [0.2, 0.25) is 0 Å². The lowest BCUT2D eigenvalue weighted by Gasteiger charge is -2.12. The third-order valence-electron chi connectivity index (χ3n) is 2.15. The third kappa shape index (κ3) is 4.07. The van der Waals surface area contributed by atoms with Gasteiger partial charge in [0.1, 0.15) is 0 Å². The summed E-state index contributed by atoms with van der Waals surface area (Å²) >= 11 is 3.37. The molecular formula is C13H15BrO4. The Balaban J connectivity index is 3.05. The van der Waals surface area contributed by atoms with Crippen molar-refractivity contribution in [3.05, 3.63) is 28.2 Å². The molecule has 0 bridgehead atoms. The van der Waals surface area contributed by atoms with E-state index in [2.05, 4.69) is 15.9 Å². The second-order valence-electron chi connectivity index (χ2n) is 3.54. The van der Waals surface area contributed by atoms with E-state index in [1.807, 2.05) is 6.92 Å². The highest BCUT2D eigenvalue weighted by Crippen LogP contribution is 2.34. The molecule has 4 nitrogen and oxygen atoms in total. The molecule has 98 valence electrons. The highest BCUT2D eigenvalue weighted by atomic mass is 79.9. The van der Waals surface area contributed by atoms with Crippen LogP contribution in [0.3, 0.4) is 0 Å². The van der Waals surface area contributed by atoms with Gasteiger partial charge >= 0.3 is 5.97 Å². The van der Waals surface area contributed by atoms with Crippen LogP contribution in [0.4, 0.5) is 0 Å². The van der Waals surface area contributed by atoms with Gasteiger partial charge in [-0.05, 0) is 30.2 Å². The number of benzene rings is 1. The number of carboxylic acid groups (broad SMARTS) is 1. The lowest BCUT2D eigenvalue weighted by Crippen LogP contribution is -1.98. The molecule has 18 heavy (non-hydrogen) atoms. The maximum absolute atomic E-state index is 10.5. The van der Waals surface area contributed by atoms with Gasteiger partial charge < -0.3 is 14.6 Å². The van der Waals surface area contributed by atoms with Gasteiger partial charge in [0, 0.05) is 10.5 Å². The van der Waals surface area contributed by atoms with Crippen LogP contribution >= 0.6 is 15.9 Å². The van der Waals surface area contributed by atoms with E-state index >= 15 is 0 Å². The van der Waals surface area contributed by atoms with E-state index in [9.17, 15) is 4.79 Å². The molecule has 1 rings (SSSR count). The van der Waals surface area contributed by atoms with Gasteiger partial charge in [-0.2, -0.15) is 0 Å². The second-order valence-corrected chi connectivity index (χ2v) is 4.40. The second kappa shape index (κ2) is 7.06. The Hall–Kier alpha value is -1.49. The van der Waals surface area contributed by atoms with E-state index in [4.69, 9.17) is 14.6 Å². The molecule has 0 unspecified atom stereocenters. The summed E-state index contributed by atoms with van der Waals surface area (Å²) in [7, 11) is 1.55. The molecule has 0 amide bonds. The van der Waals surface area contributed by atoms with Crippen LogP contribution in [-0.2, 0) is 4.79 Å². The summed E-state index contributed by atoms with van der Waals surface area (Å²) in [6, 6.07) is 3.50. The molecule has 0 aromatic heterocycles. The summed E-state index contributed by atoms with van der Waals surface area (Å²) in [5, 5.41) is 8.60. The fourth-order valence-corrected chi connectivity index (χ4v) is 1.78. The predicted octanol–water partition coefficient (Wildman–Crippen LogP) is 3.34. The first-order valence-electron chi connectivity index (χ1n) is 5.49. The molecule has 0 saturated heterocycles. The van der Waals surface area contributed by atoms with Gasteiger partial charge in [-0.3, -0.25) is 0 Å². The number of hydrogen-bond donors (Lipinski definition) is 1. The number of methoxy groups -OCH3 is 1. The molecule has 0 spiro atoms. The SMILES string of the molecule is CCCOc1cc(Br)c(/C=C/C(=O)O)cc1OC. The largest absolute Gasteiger partial charge is 0.493 e. The van der Waals surface area contributed by atoms with E-state index in [1.165, 1.54) is 6.08 Å². The van der Waals surface area contributed by atoms with Gasteiger partial charge in [0.05, 0.1) is 13.7 Å². The summed E-state index contributed by atoms with van der Waals surface area (Å²) < 4.78 is 11.5. The number of ether oxygens (including phenoxy) is 2. The first kappa shape index (κ1) is 14.6. The van der Waals surface area contributed by atoms with E-state index in [0.717, 1.165) is 22.5 Å². The number of rotatable bonds is 6. The zero-order chi connectivity index (χ0) is 13.5. The molecule has 1 aromatic rings. The molecule has 0 radical (unpaired) electrons. The van der Waals surface area contributed by atoms with Crippen LogP contribution in [0, 0.1) is 0 Å². The standard InChI is InChI=1S/C13H15BrO4/c1-3-6-18-12-8-10(14)9(4-5-13(15)16)7-11(12)17-2/h4-5,7-8H,3,6H2,1-2H3,(H,15,16)/b5-4+. The number of aliphatic carboxylic acids is 1. The first-order chi connectivity index (χ1) is 8.58. The molecule has 1 aromatic carbocycles. The summed E-state index contributed by atoms with van der Waals surface area (Å²) in [6.07, 6.45) is 3.48. The van der Waals surface area contributed by atoms with Crippen LogP contribution in [0.5, 0.6) is 11.5 Å². The van der Waals surface area contributed by atoms with Crippen LogP contribution in [0.1, 0.15) is 18.9 Å². The van der Waals surface area contributed by atoms with Crippen LogP contribution in [0.15, 0.2) is 22.7 Å². The first-order valence-corrected chi connectivity index (χ1v) is 6.29. The molecule has 5 heteroatoms. The summed E-state index contributed by atoms with van der Waals surface area (Å²) in [6.45, 7) is 2.62. The minimum absolute atomic E-state index is 0.580. The molecule has 0 atom stereocenters. The predicted molar refractivity (Wildman–Crippen MR) is 73.1 cm³/mol. The highest BCUT2D eigenvalue weighted by Gasteiger charge is 2.08.